The zero-order valence-corrected chi connectivity index (χ0v) is 20.0. The number of aromatic hydroxyl groups is 1. The number of ether oxygens (including phenoxy) is 1. The fraction of sp³-hybridized carbons (Fsp3) is 0.300. The van der Waals surface area contributed by atoms with Crippen molar-refractivity contribution in [3.05, 3.63) is 51.1 Å². The summed E-state index contributed by atoms with van der Waals surface area (Å²) in [7, 11) is -2.44. The van der Waals surface area contributed by atoms with E-state index in [2.05, 4.69) is 15.2 Å². The van der Waals surface area contributed by atoms with E-state index in [1.54, 1.807) is 38.1 Å². The van der Waals surface area contributed by atoms with Gasteiger partial charge in [-0.15, -0.1) is 0 Å². The van der Waals surface area contributed by atoms with Crippen LogP contribution in [0.25, 0.3) is 0 Å². The normalized spacial score (nSPS) is 12.9. The van der Waals surface area contributed by atoms with E-state index in [0.717, 1.165) is 5.56 Å². The van der Waals surface area contributed by atoms with Gasteiger partial charge in [-0.3, -0.25) is 4.79 Å². The monoisotopic (exact) mass is 545 g/mol. The van der Waals surface area contributed by atoms with Crippen LogP contribution in [-0.2, 0) is 14.8 Å². The van der Waals surface area contributed by atoms with E-state index >= 15 is 0 Å². The molecule has 0 unspecified atom stereocenters. The molecule has 1 atom stereocenters. The smallest absolute Gasteiger partial charge is 0.258 e. The first-order valence-corrected chi connectivity index (χ1v) is 11.6. The van der Waals surface area contributed by atoms with Gasteiger partial charge in [0, 0.05) is 0 Å². The molecule has 0 saturated carbocycles. The molecule has 0 aliphatic rings. The lowest BCUT2D eigenvalue weighted by Crippen LogP contribution is -2.48. The van der Waals surface area contributed by atoms with Crippen molar-refractivity contribution in [3.63, 3.8) is 0 Å². The van der Waals surface area contributed by atoms with Gasteiger partial charge in [-0.2, -0.15) is 9.82 Å². The second-order valence-electron chi connectivity index (χ2n) is 6.94. The fourth-order valence-electron chi connectivity index (χ4n) is 2.51. The zero-order valence-electron chi connectivity index (χ0n) is 17.0. The number of nitrogens with one attached hydrogen (secondary N) is 2. The van der Waals surface area contributed by atoms with Gasteiger partial charge in [-0.25, -0.2) is 13.8 Å². The Bertz CT molecular complexity index is 1040. The van der Waals surface area contributed by atoms with E-state index in [1.807, 2.05) is 29.5 Å². The highest BCUT2D eigenvalue weighted by molar-refractivity contribution is 14.1. The maximum atomic E-state index is 12.6. The molecule has 0 aromatic heterocycles. The van der Waals surface area contributed by atoms with Crippen LogP contribution < -0.4 is 14.9 Å². The number of hydrazone groups is 1. The summed E-state index contributed by atoms with van der Waals surface area (Å²) >= 11 is 1.95. The van der Waals surface area contributed by atoms with Crippen LogP contribution in [0.2, 0.25) is 0 Å². The predicted octanol–water partition coefficient (Wildman–Crippen LogP) is 2.77. The number of nitrogens with zero attached hydrogens (tertiary/aromatic N) is 1. The van der Waals surface area contributed by atoms with Crippen LogP contribution in [0.5, 0.6) is 11.5 Å². The molecule has 162 valence electrons. The van der Waals surface area contributed by atoms with Crippen LogP contribution in [-0.4, -0.2) is 38.8 Å². The van der Waals surface area contributed by atoms with Crippen molar-refractivity contribution in [2.24, 2.45) is 11.0 Å². The average molecular weight is 545 g/mol. The van der Waals surface area contributed by atoms with Crippen LogP contribution in [0, 0.1) is 16.4 Å². The molecule has 30 heavy (non-hydrogen) atoms. The van der Waals surface area contributed by atoms with Crippen LogP contribution in [0.4, 0.5) is 0 Å². The topological polar surface area (TPSA) is 117 Å². The lowest BCUT2D eigenvalue weighted by atomic mass is 10.1. The van der Waals surface area contributed by atoms with Crippen LogP contribution in [0.3, 0.4) is 0 Å². The molecule has 0 saturated heterocycles. The number of carbonyl (C=O) groups is 1. The van der Waals surface area contributed by atoms with Crippen molar-refractivity contribution in [1.29, 1.82) is 0 Å². The summed E-state index contributed by atoms with van der Waals surface area (Å²) in [4.78, 5) is 12.6. The molecule has 10 heteroatoms. The number of phenolic OH excluding ortho intramolecular Hbond substituents is 1. The van der Waals surface area contributed by atoms with Crippen LogP contribution >= 0.6 is 22.6 Å². The number of sulfonamides is 1. The third-order valence-corrected chi connectivity index (χ3v) is 6.50. The molecule has 2 rings (SSSR count). The Labute approximate surface area is 189 Å². The standard InChI is InChI=1S/C20H24IN3O5S/c1-12(2)18(24-30(27,28)15-7-5-13(3)6-8-15)20(26)23-22-11-14-9-16(21)19(25)17(10-14)29-4/h5-12,18,24-25H,1-4H3,(H,23,26)/b22-11-/t18-/m0/s1. The zero-order chi connectivity index (χ0) is 22.5. The number of methoxy groups -OCH3 is 1. The molecular formula is C20H24IN3O5S. The molecule has 0 aliphatic carbocycles. The van der Waals surface area contributed by atoms with Gasteiger partial charge < -0.3 is 9.84 Å². The Kier molecular flexibility index (Phi) is 8.21. The maximum Gasteiger partial charge on any atom is 0.258 e. The number of phenols is 1. The van der Waals surface area contributed by atoms with Crippen LogP contribution in [0.15, 0.2) is 46.4 Å². The molecule has 2 aromatic carbocycles. The van der Waals surface area contributed by atoms with Crippen molar-refractivity contribution >= 4 is 44.7 Å². The highest BCUT2D eigenvalue weighted by atomic mass is 127. The van der Waals surface area contributed by atoms with Crippen molar-refractivity contribution in [2.45, 2.75) is 31.7 Å². The number of hydrogen-bond acceptors (Lipinski definition) is 6. The highest BCUT2D eigenvalue weighted by Crippen LogP contribution is 2.31. The third-order valence-electron chi connectivity index (χ3n) is 4.22. The number of hydrogen-bond donors (Lipinski definition) is 3. The second kappa shape index (κ2) is 10.2. The molecule has 0 spiro atoms. The average Bonchev–Trinajstić information content (AvgIpc) is 2.68. The largest absolute Gasteiger partial charge is 0.504 e. The quantitative estimate of drug-likeness (QED) is 0.268. The number of amides is 1. The summed E-state index contributed by atoms with van der Waals surface area (Å²) in [6, 6.07) is 8.58. The van der Waals surface area contributed by atoms with E-state index < -0.39 is 22.0 Å². The third kappa shape index (κ3) is 6.16. The Morgan fingerprint density at radius 2 is 1.87 bits per heavy atom. The van der Waals surface area contributed by atoms with E-state index in [1.165, 1.54) is 25.5 Å². The fourth-order valence-corrected chi connectivity index (χ4v) is 4.48. The van der Waals surface area contributed by atoms with Gasteiger partial charge in [0.15, 0.2) is 11.5 Å². The summed E-state index contributed by atoms with van der Waals surface area (Å²) in [5, 5.41) is 13.8. The van der Waals surface area contributed by atoms with Crippen LogP contribution in [0.1, 0.15) is 25.0 Å². The molecular weight excluding hydrogens is 521 g/mol. The van der Waals surface area contributed by atoms with E-state index in [-0.39, 0.29) is 22.3 Å². The summed E-state index contributed by atoms with van der Waals surface area (Å²) < 4.78 is 33.4. The van der Waals surface area contributed by atoms with E-state index in [0.29, 0.717) is 9.13 Å². The Morgan fingerprint density at radius 1 is 1.23 bits per heavy atom. The van der Waals surface area contributed by atoms with Gasteiger partial charge in [-0.05, 0) is 65.3 Å². The summed E-state index contributed by atoms with van der Waals surface area (Å²) in [5.74, 6) is -0.599. The number of carbonyl (C=O) groups excluding carboxylic acids is 1. The van der Waals surface area contributed by atoms with Crippen molar-refractivity contribution in [1.82, 2.24) is 10.1 Å². The maximum absolute atomic E-state index is 12.6. The lowest BCUT2D eigenvalue weighted by Gasteiger charge is -2.20. The number of aryl methyl sites for hydroxylation is 1. The SMILES string of the molecule is COc1cc(/C=N\NC(=O)[C@@H](NS(=O)(=O)c2ccc(C)cc2)C(C)C)cc(I)c1O. The molecule has 0 radical (unpaired) electrons. The first kappa shape index (κ1) is 24.1. The predicted molar refractivity (Wildman–Crippen MR) is 123 cm³/mol. The van der Waals surface area contributed by atoms with Gasteiger partial charge in [0.25, 0.3) is 5.91 Å². The van der Waals surface area contributed by atoms with Gasteiger partial charge in [0.05, 0.1) is 21.8 Å². The van der Waals surface area contributed by atoms with E-state index in [9.17, 15) is 18.3 Å². The Morgan fingerprint density at radius 3 is 2.43 bits per heavy atom. The molecule has 2 aromatic rings. The summed E-state index contributed by atoms with van der Waals surface area (Å²) in [6.07, 6.45) is 1.38. The minimum absolute atomic E-state index is 0.0182. The summed E-state index contributed by atoms with van der Waals surface area (Å²) in [5.41, 5.74) is 3.89. The second-order valence-corrected chi connectivity index (χ2v) is 9.82. The Balaban J connectivity index is 2.13. The number of rotatable bonds is 8. The molecule has 1 amide bonds. The first-order valence-electron chi connectivity index (χ1n) is 9.03. The van der Waals surface area contributed by atoms with Gasteiger partial charge in [0.1, 0.15) is 6.04 Å². The number of halogens is 1. The molecule has 0 aliphatic heterocycles. The van der Waals surface area contributed by atoms with E-state index in [4.69, 9.17) is 4.74 Å². The van der Waals surface area contributed by atoms with Gasteiger partial charge >= 0.3 is 0 Å². The van der Waals surface area contributed by atoms with Crippen molar-refractivity contribution in [2.75, 3.05) is 7.11 Å². The molecule has 0 bridgehead atoms. The lowest BCUT2D eigenvalue weighted by molar-refractivity contribution is -0.123. The van der Waals surface area contributed by atoms with Gasteiger partial charge in [0.2, 0.25) is 10.0 Å². The van der Waals surface area contributed by atoms with Gasteiger partial charge in [-0.1, -0.05) is 31.5 Å². The minimum Gasteiger partial charge on any atom is -0.504 e. The molecule has 0 fully saturated rings. The molecule has 0 heterocycles. The minimum atomic E-state index is -3.87. The molecule has 8 nitrogen and oxygen atoms in total. The summed E-state index contributed by atoms with van der Waals surface area (Å²) in [6.45, 7) is 5.33. The van der Waals surface area contributed by atoms with Crippen molar-refractivity contribution < 1.29 is 23.1 Å². The number of benzene rings is 2. The first-order chi connectivity index (χ1) is 14.0. The Hall–Kier alpha value is -2.18. The molecule has 3 N–H and O–H groups in total. The highest BCUT2D eigenvalue weighted by Gasteiger charge is 2.28. The van der Waals surface area contributed by atoms with Crippen molar-refractivity contribution in [3.8, 4) is 11.5 Å².